The molecule has 24 heavy (non-hydrogen) atoms. The van der Waals surface area contributed by atoms with E-state index in [0.29, 0.717) is 23.6 Å². The molecule has 0 spiro atoms. The highest BCUT2D eigenvalue weighted by atomic mass is 32.2. The predicted octanol–water partition coefficient (Wildman–Crippen LogP) is 0.452. The van der Waals surface area contributed by atoms with Gasteiger partial charge in [-0.1, -0.05) is 23.4 Å². The summed E-state index contributed by atoms with van der Waals surface area (Å²) in [7, 11) is -3.69. The molecule has 1 atom stereocenters. The van der Waals surface area contributed by atoms with Gasteiger partial charge >= 0.3 is 0 Å². The van der Waals surface area contributed by atoms with Crippen molar-refractivity contribution in [1.82, 2.24) is 20.2 Å². The first-order valence-electron chi connectivity index (χ1n) is 7.18. The summed E-state index contributed by atoms with van der Waals surface area (Å²) in [4.78, 5) is 16.6. The van der Waals surface area contributed by atoms with Gasteiger partial charge in [-0.3, -0.25) is 4.79 Å². The maximum Gasteiger partial charge on any atom is 0.246 e. The number of benzene rings is 1. The van der Waals surface area contributed by atoms with Crippen LogP contribution in [-0.2, 0) is 33.5 Å². The number of fused-ring (bicyclic) bond motifs is 1. The smallest absolute Gasteiger partial charge is 0.246 e. The van der Waals surface area contributed by atoms with E-state index in [0.717, 1.165) is 0 Å². The van der Waals surface area contributed by atoms with Gasteiger partial charge in [0, 0.05) is 0 Å². The molecule has 0 saturated carbocycles. The number of aromatic nitrogens is 2. The number of rotatable bonds is 5. The van der Waals surface area contributed by atoms with Gasteiger partial charge < -0.3 is 9.84 Å². The van der Waals surface area contributed by atoms with Crippen LogP contribution in [0.2, 0.25) is 0 Å². The molecular weight excluding hydrogens is 352 g/mol. The largest absolute Gasteiger partial charge is 0.346 e. The lowest BCUT2D eigenvalue weighted by Crippen LogP contribution is -2.50. The quantitative estimate of drug-likeness (QED) is 0.787. The fraction of sp³-hybridized carbons (Fsp3) is 0.357. The van der Waals surface area contributed by atoms with Gasteiger partial charge in [-0.25, -0.2) is 8.42 Å². The lowest BCUT2D eigenvalue weighted by atomic mass is 10.1. The summed E-state index contributed by atoms with van der Waals surface area (Å²) < 4.78 is 31.8. The molecule has 0 aliphatic carbocycles. The second-order valence-corrected chi connectivity index (χ2v) is 7.79. The monoisotopic (exact) mass is 368 g/mol. The number of carbonyl (C=O) groups is 1. The number of carbonyl (C=O) groups excluding carboxylic acids is 1. The van der Waals surface area contributed by atoms with E-state index < -0.39 is 22.0 Å². The Morgan fingerprint density at radius 1 is 1.46 bits per heavy atom. The number of thioether (sulfide) groups is 1. The Labute approximate surface area is 143 Å². The van der Waals surface area contributed by atoms with Crippen molar-refractivity contribution in [1.29, 1.82) is 0 Å². The second-order valence-electron chi connectivity index (χ2n) is 5.24. The highest BCUT2D eigenvalue weighted by molar-refractivity contribution is 7.97. The van der Waals surface area contributed by atoms with Gasteiger partial charge in [0.25, 0.3) is 0 Å². The molecule has 3 rings (SSSR count). The molecule has 2 N–H and O–H groups in total. The van der Waals surface area contributed by atoms with Gasteiger partial charge in [0.05, 0.1) is 17.2 Å². The molecule has 8 nitrogen and oxygen atoms in total. The lowest BCUT2D eigenvalue weighted by molar-refractivity contribution is -0.123. The Hall–Kier alpha value is -1.91. The van der Waals surface area contributed by atoms with Crippen LogP contribution in [0.3, 0.4) is 0 Å². The zero-order valence-corrected chi connectivity index (χ0v) is 14.5. The molecule has 1 aromatic carbocycles. The molecule has 128 valence electrons. The zero-order valence-electron chi connectivity index (χ0n) is 12.9. The van der Waals surface area contributed by atoms with Crippen LogP contribution < -0.4 is 10.0 Å². The fourth-order valence-corrected chi connectivity index (χ4v) is 4.25. The van der Waals surface area contributed by atoms with Crippen LogP contribution in [0.15, 0.2) is 33.7 Å². The SMILES string of the molecule is CSCc1noc(CNC(=O)[C@@H]2Cc3ccccc3S(=O)(=O)N2)n1. The first-order valence-corrected chi connectivity index (χ1v) is 10.1. The first-order chi connectivity index (χ1) is 11.5. The molecule has 2 heterocycles. The van der Waals surface area contributed by atoms with Gasteiger partial charge in [-0.2, -0.15) is 21.5 Å². The number of hydrogen-bond acceptors (Lipinski definition) is 7. The fourth-order valence-electron chi connectivity index (χ4n) is 2.43. The standard InChI is InChI=1S/C14H16N4O4S2/c1-23-8-12-16-13(22-17-12)7-15-14(19)10-6-9-4-2-3-5-11(9)24(20,21)18-10/h2-5,10,18H,6-8H2,1H3,(H,15,19)/t10-/m0/s1. The Bertz CT molecular complexity index is 850. The molecule has 1 aliphatic heterocycles. The summed E-state index contributed by atoms with van der Waals surface area (Å²) in [5.74, 6) is 1.03. The zero-order chi connectivity index (χ0) is 17.2. The third kappa shape index (κ3) is 3.60. The Kier molecular flexibility index (Phi) is 4.88. The number of hydrogen-bond donors (Lipinski definition) is 2. The van der Waals surface area contributed by atoms with Crippen molar-refractivity contribution < 1.29 is 17.7 Å². The predicted molar refractivity (Wildman–Crippen MR) is 87.6 cm³/mol. The van der Waals surface area contributed by atoms with E-state index in [9.17, 15) is 13.2 Å². The average molecular weight is 368 g/mol. The van der Waals surface area contributed by atoms with E-state index in [1.807, 2.05) is 6.26 Å². The molecule has 0 bridgehead atoms. The lowest BCUT2D eigenvalue weighted by Gasteiger charge is -2.24. The molecule has 1 aliphatic rings. The third-order valence-corrected chi connectivity index (χ3v) is 5.62. The minimum absolute atomic E-state index is 0.0556. The normalized spacial score (nSPS) is 18.8. The maximum atomic E-state index is 12.3. The molecule has 2 aromatic rings. The third-order valence-electron chi connectivity index (χ3n) is 3.50. The highest BCUT2D eigenvalue weighted by Gasteiger charge is 2.33. The van der Waals surface area contributed by atoms with Crippen molar-refractivity contribution in [3.63, 3.8) is 0 Å². The van der Waals surface area contributed by atoms with E-state index in [-0.39, 0.29) is 17.3 Å². The molecule has 1 aromatic heterocycles. The summed E-state index contributed by atoms with van der Waals surface area (Å²) in [5.41, 5.74) is 0.622. The molecular formula is C14H16N4O4S2. The van der Waals surface area contributed by atoms with Crippen LogP contribution in [0.25, 0.3) is 0 Å². The summed E-state index contributed by atoms with van der Waals surface area (Å²) >= 11 is 1.56. The summed E-state index contributed by atoms with van der Waals surface area (Å²) in [6.07, 6.45) is 2.22. The van der Waals surface area contributed by atoms with Crippen LogP contribution in [0.4, 0.5) is 0 Å². The maximum absolute atomic E-state index is 12.3. The first kappa shape index (κ1) is 16.9. The van der Waals surface area contributed by atoms with Crippen molar-refractivity contribution in [3.05, 3.63) is 41.5 Å². The number of sulfonamides is 1. The Morgan fingerprint density at radius 3 is 3.04 bits per heavy atom. The van der Waals surface area contributed by atoms with E-state index in [2.05, 4.69) is 20.2 Å². The van der Waals surface area contributed by atoms with Crippen molar-refractivity contribution >= 4 is 27.7 Å². The van der Waals surface area contributed by atoms with Gasteiger partial charge in [0.1, 0.15) is 6.04 Å². The minimum Gasteiger partial charge on any atom is -0.346 e. The van der Waals surface area contributed by atoms with Crippen LogP contribution in [0.5, 0.6) is 0 Å². The number of nitrogens with zero attached hydrogens (tertiary/aromatic N) is 2. The molecule has 0 radical (unpaired) electrons. The van der Waals surface area contributed by atoms with Crippen molar-refractivity contribution in [2.45, 2.75) is 29.7 Å². The Morgan fingerprint density at radius 2 is 2.25 bits per heavy atom. The summed E-state index contributed by atoms with van der Waals surface area (Å²) in [6.45, 7) is 0.0556. The molecule has 0 unspecified atom stereocenters. The van der Waals surface area contributed by atoms with E-state index in [1.165, 1.54) is 6.07 Å². The summed E-state index contributed by atoms with van der Waals surface area (Å²) in [6, 6.07) is 5.78. The van der Waals surface area contributed by atoms with Crippen molar-refractivity contribution in [2.75, 3.05) is 6.26 Å². The van der Waals surface area contributed by atoms with Crippen LogP contribution in [0.1, 0.15) is 17.3 Å². The van der Waals surface area contributed by atoms with Gasteiger partial charge in [0.15, 0.2) is 5.82 Å². The molecule has 0 fully saturated rings. The van der Waals surface area contributed by atoms with Crippen molar-refractivity contribution in [2.24, 2.45) is 0 Å². The highest BCUT2D eigenvalue weighted by Crippen LogP contribution is 2.22. The topological polar surface area (TPSA) is 114 Å². The Balaban J connectivity index is 1.65. The number of nitrogens with one attached hydrogen (secondary N) is 2. The molecule has 10 heteroatoms. The minimum atomic E-state index is -3.69. The number of amides is 1. The van der Waals surface area contributed by atoms with E-state index >= 15 is 0 Å². The van der Waals surface area contributed by atoms with Crippen LogP contribution in [0, 0.1) is 0 Å². The molecule has 0 saturated heterocycles. The van der Waals surface area contributed by atoms with Crippen LogP contribution in [-0.4, -0.2) is 36.8 Å². The van der Waals surface area contributed by atoms with Crippen LogP contribution >= 0.6 is 11.8 Å². The van der Waals surface area contributed by atoms with Crippen molar-refractivity contribution in [3.8, 4) is 0 Å². The van der Waals surface area contributed by atoms with E-state index in [1.54, 1.807) is 30.0 Å². The van der Waals surface area contributed by atoms with Gasteiger partial charge in [-0.15, -0.1) is 0 Å². The van der Waals surface area contributed by atoms with Gasteiger partial charge in [0.2, 0.25) is 21.8 Å². The molecule has 1 amide bonds. The van der Waals surface area contributed by atoms with Gasteiger partial charge in [-0.05, 0) is 24.3 Å². The van der Waals surface area contributed by atoms with E-state index in [4.69, 9.17) is 4.52 Å². The average Bonchev–Trinajstić information content (AvgIpc) is 3.00. The summed E-state index contributed by atoms with van der Waals surface area (Å²) in [5, 5.41) is 6.40. The second kappa shape index (κ2) is 6.91.